The van der Waals surface area contributed by atoms with E-state index in [0.29, 0.717) is 0 Å². The van der Waals surface area contributed by atoms with Crippen LogP contribution in [0.25, 0.3) is 0 Å². The zero-order chi connectivity index (χ0) is 21.3. The summed E-state index contributed by atoms with van der Waals surface area (Å²) in [7, 11) is 0. The van der Waals surface area contributed by atoms with E-state index in [2.05, 4.69) is 12.2 Å². The number of hydrogen-bond donors (Lipinski definition) is 1. The lowest BCUT2D eigenvalue weighted by Crippen LogP contribution is -2.04. The van der Waals surface area contributed by atoms with Gasteiger partial charge in [-0.1, -0.05) is 23.8 Å². The molecule has 0 aliphatic rings. The van der Waals surface area contributed by atoms with Crippen molar-refractivity contribution in [2.75, 3.05) is 6.61 Å². The van der Waals surface area contributed by atoms with Crippen LogP contribution in [0.1, 0.15) is 12.5 Å². The van der Waals surface area contributed by atoms with Crippen molar-refractivity contribution in [1.82, 2.24) is 0 Å². The third-order valence-electron chi connectivity index (χ3n) is 2.97. The summed E-state index contributed by atoms with van der Waals surface area (Å²) in [6, 6.07) is 6.40. The lowest BCUT2D eigenvalue weighted by atomic mass is 10.2. The van der Waals surface area contributed by atoms with Gasteiger partial charge in [0.05, 0.1) is 22.1 Å². The number of alkyl halides is 3. The minimum Gasteiger partial charge on any atom is -0.487 e. The first kappa shape index (κ1) is 24.0. The third kappa shape index (κ3) is 7.15. The Kier molecular flexibility index (Phi) is 9.46. The first-order valence-electron chi connectivity index (χ1n) is 7.39. The fourth-order valence-electron chi connectivity index (χ4n) is 1.87. The molecule has 0 saturated carbocycles. The van der Waals surface area contributed by atoms with Gasteiger partial charge < -0.3 is 9.47 Å². The fraction of sp³-hybridized carbons (Fsp3) is 0.188. The molecule has 0 saturated heterocycles. The predicted molar refractivity (Wildman–Crippen MR) is 106 cm³/mol. The van der Waals surface area contributed by atoms with Crippen molar-refractivity contribution < 1.29 is 27.6 Å². The van der Waals surface area contributed by atoms with Crippen molar-refractivity contribution in [3.05, 3.63) is 57.1 Å². The zero-order valence-corrected chi connectivity index (χ0v) is 16.6. The Morgan fingerprint density at radius 1 is 1.29 bits per heavy atom. The maximum Gasteiger partial charge on any atom is 0.416 e. The molecule has 28 heavy (non-hydrogen) atoms. The number of nitrogens with zero attached hydrogens (tertiary/aromatic N) is 1. The van der Waals surface area contributed by atoms with Gasteiger partial charge in [-0.2, -0.15) is 13.2 Å². The highest BCUT2D eigenvalue weighted by atomic mass is 35.5. The molecule has 2 rings (SSSR count). The summed E-state index contributed by atoms with van der Waals surface area (Å²) >= 11 is 11.1. The Morgan fingerprint density at radius 2 is 1.93 bits per heavy atom. The minimum atomic E-state index is -4.52. The topological polar surface area (TPSA) is 87.6 Å². The molecule has 0 fully saturated rings. The van der Waals surface area contributed by atoms with Crippen LogP contribution >= 0.6 is 35.8 Å². The monoisotopic (exact) mass is 454 g/mol. The van der Waals surface area contributed by atoms with Crippen LogP contribution in [0.3, 0.4) is 0 Å². The standard InChI is InChI=1S/C15H11ClF3NO4.CH3NS2/c1-2-23-14-8-10(4-5-12(14)20(21)22)24-13-6-3-9(7-11(13)16)15(17,18)19;2-4-1-3/h3-8H,2H2,1H3;1H,2H2. The molecule has 0 radical (unpaired) electrons. The number of halogens is 4. The molecule has 152 valence electrons. The third-order valence-corrected chi connectivity index (χ3v) is 3.71. The molecule has 0 aromatic heterocycles. The van der Waals surface area contributed by atoms with Crippen LogP contribution in [0.5, 0.6) is 17.2 Å². The van der Waals surface area contributed by atoms with Crippen LogP contribution in [0.2, 0.25) is 5.02 Å². The highest BCUT2D eigenvalue weighted by Crippen LogP contribution is 2.38. The predicted octanol–water partition coefficient (Wildman–Crippen LogP) is 6.01. The van der Waals surface area contributed by atoms with Crippen LogP contribution in [-0.2, 0) is 6.18 Å². The van der Waals surface area contributed by atoms with Crippen molar-refractivity contribution in [3.8, 4) is 17.2 Å². The second-order valence-electron chi connectivity index (χ2n) is 4.80. The molecule has 2 aromatic rings. The second kappa shape index (κ2) is 11.1. The van der Waals surface area contributed by atoms with Crippen LogP contribution in [0.15, 0.2) is 36.4 Å². The van der Waals surface area contributed by atoms with E-state index in [1.165, 1.54) is 22.9 Å². The van der Waals surface area contributed by atoms with Gasteiger partial charge in [-0.05, 0) is 43.1 Å². The Morgan fingerprint density at radius 3 is 2.39 bits per heavy atom. The SMILES string of the molecule is CCOc1cc(Oc2ccc(C(F)(F)F)cc2Cl)ccc1[N+](=O)[O-].NSC=S. The van der Waals surface area contributed by atoms with Gasteiger partial charge in [0, 0.05) is 16.8 Å². The van der Waals surface area contributed by atoms with Gasteiger partial charge in [-0.15, -0.1) is 0 Å². The van der Waals surface area contributed by atoms with Crippen LogP contribution in [-0.4, -0.2) is 16.2 Å². The number of rotatable bonds is 6. The van der Waals surface area contributed by atoms with Crippen molar-refractivity contribution in [1.29, 1.82) is 0 Å². The summed E-state index contributed by atoms with van der Waals surface area (Å²) in [6.45, 7) is 1.86. The van der Waals surface area contributed by atoms with E-state index in [9.17, 15) is 23.3 Å². The Hall–Kier alpha value is -2.08. The first-order chi connectivity index (χ1) is 13.1. The first-order valence-corrected chi connectivity index (χ1v) is 9.18. The van der Waals surface area contributed by atoms with E-state index in [-0.39, 0.29) is 34.6 Å². The molecule has 0 unspecified atom stereocenters. The number of thiocarbonyl (C=S) groups is 1. The highest BCUT2D eigenvalue weighted by molar-refractivity contribution is 8.19. The van der Waals surface area contributed by atoms with Gasteiger partial charge in [0.25, 0.3) is 0 Å². The van der Waals surface area contributed by atoms with Crippen LogP contribution in [0.4, 0.5) is 18.9 Å². The second-order valence-corrected chi connectivity index (χ2v) is 6.25. The summed E-state index contributed by atoms with van der Waals surface area (Å²) in [5.74, 6) is 0.120. The average Bonchev–Trinajstić information content (AvgIpc) is 2.63. The van der Waals surface area contributed by atoms with Gasteiger partial charge >= 0.3 is 11.9 Å². The maximum atomic E-state index is 12.6. The summed E-state index contributed by atoms with van der Waals surface area (Å²) in [5.41, 5.74) is -1.15. The van der Waals surface area contributed by atoms with Crippen molar-refractivity contribution in [2.24, 2.45) is 5.14 Å². The van der Waals surface area contributed by atoms with E-state index >= 15 is 0 Å². The molecule has 2 N–H and O–H groups in total. The molecule has 0 amide bonds. The Bertz CT molecular complexity index is 838. The van der Waals surface area contributed by atoms with E-state index < -0.39 is 16.7 Å². The normalized spacial score (nSPS) is 10.5. The summed E-state index contributed by atoms with van der Waals surface area (Å²) in [6.07, 6.45) is -4.52. The average molecular weight is 455 g/mol. The number of hydrogen-bond acceptors (Lipinski definition) is 7. The van der Waals surface area contributed by atoms with Crippen LogP contribution in [0, 0.1) is 10.1 Å². The molecular weight excluding hydrogens is 441 g/mol. The van der Waals surface area contributed by atoms with Crippen molar-refractivity contribution >= 4 is 46.2 Å². The molecular formula is C16H14ClF3N2O4S2. The largest absolute Gasteiger partial charge is 0.487 e. The summed E-state index contributed by atoms with van der Waals surface area (Å²) in [5, 5.41) is 15.5. The fourth-order valence-corrected chi connectivity index (χ4v) is 2.09. The quantitative estimate of drug-likeness (QED) is 0.247. The van der Waals surface area contributed by atoms with E-state index in [0.717, 1.165) is 30.1 Å². The lowest BCUT2D eigenvalue weighted by molar-refractivity contribution is -0.385. The Labute approximate surface area is 173 Å². The molecule has 0 aliphatic carbocycles. The molecule has 0 spiro atoms. The van der Waals surface area contributed by atoms with Gasteiger partial charge in [-0.25, -0.2) is 0 Å². The molecule has 0 aliphatic heterocycles. The van der Waals surface area contributed by atoms with Crippen molar-refractivity contribution in [3.63, 3.8) is 0 Å². The van der Waals surface area contributed by atoms with Crippen LogP contribution < -0.4 is 14.6 Å². The molecule has 0 atom stereocenters. The van der Waals surface area contributed by atoms with Crippen molar-refractivity contribution in [2.45, 2.75) is 13.1 Å². The number of ether oxygens (including phenoxy) is 2. The Balaban J connectivity index is 0.000000892. The maximum absolute atomic E-state index is 12.6. The van der Waals surface area contributed by atoms with Gasteiger partial charge in [-0.3, -0.25) is 15.3 Å². The molecule has 0 bridgehead atoms. The molecule has 6 nitrogen and oxygen atoms in total. The molecule has 0 heterocycles. The van der Waals surface area contributed by atoms with E-state index in [4.69, 9.17) is 26.2 Å². The lowest BCUT2D eigenvalue weighted by Gasteiger charge is -2.12. The molecule has 2 aromatic carbocycles. The van der Waals surface area contributed by atoms with Gasteiger partial charge in [0.1, 0.15) is 11.5 Å². The highest BCUT2D eigenvalue weighted by Gasteiger charge is 2.31. The number of nitro groups is 1. The minimum absolute atomic E-state index is 0.0111. The smallest absolute Gasteiger partial charge is 0.416 e. The number of nitro benzene ring substituents is 1. The summed E-state index contributed by atoms with van der Waals surface area (Å²) in [4.78, 5) is 10.3. The van der Waals surface area contributed by atoms with E-state index in [1.54, 1.807) is 6.92 Å². The summed E-state index contributed by atoms with van der Waals surface area (Å²) < 4.78 is 49.8. The number of benzene rings is 2. The number of nitrogens with two attached hydrogens (primary N) is 1. The van der Waals surface area contributed by atoms with E-state index in [1.807, 2.05) is 0 Å². The van der Waals surface area contributed by atoms with Gasteiger partial charge in [0.2, 0.25) is 5.75 Å². The molecule has 12 heteroatoms. The zero-order valence-electron chi connectivity index (χ0n) is 14.2. The van der Waals surface area contributed by atoms with Gasteiger partial charge in [0.15, 0.2) is 0 Å².